The molecule has 0 aliphatic heterocycles. The number of aromatic hydroxyl groups is 1. The number of carboxylic acid groups (broad SMARTS) is 2. The highest BCUT2D eigenvalue weighted by Crippen LogP contribution is 2.26. The van der Waals surface area contributed by atoms with Crippen LogP contribution in [-0.4, -0.2) is 46.4 Å². The molecule has 0 aromatic heterocycles. The van der Waals surface area contributed by atoms with E-state index in [-0.39, 0.29) is 11.5 Å². The summed E-state index contributed by atoms with van der Waals surface area (Å²) in [6.07, 6.45) is -0.146. The maximum absolute atomic E-state index is 11.3. The van der Waals surface area contributed by atoms with E-state index in [0.29, 0.717) is 5.56 Å². The minimum atomic E-state index is -2.27. The van der Waals surface area contributed by atoms with Gasteiger partial charge in [0.15, 0.2) is 11.5 Å². The SMILES string of the molecule is COc1cc(C=CC(=O)OC(C(=O)O)C(=O)O)ccc1O. The first-order valence-corrected chi connectivity index (χ1v) is 5.56. The summed E-state index contributed by atoms with van der Waals surface area (Å²) >= 11 is 0. The van der Waals surface area contributed by atoms with Gasteiger partial charge in [-0.25, -0.2) is 14.4 Å². The first-order chi connectivity index (χ1) is 9.85. The molecule has 3 N–H and O–H groups in total. The number of ether oxygens (including phenoxy) is 2. The van der Waals surface area contributed by atoms with Crippen LogP contribution in [0.2, 0.25) is 0 Å². The van der Waals surface area contributed by atoms with E-state index in [4.69, 9.17) is 14.9 Å². The summed E-state index contributed by atoms with van der Waals surface area (Å²) in [7, 11) is 1.35. The molecule has 0 bridgehead atoms. The van der Waals surface area contributed by atoms with Crippen LogP contribution in [0, 0.1) is 0 Å². The fourth-order valence-electron chi connectivity index (χ4n) is 1.32. The van der Waals surface area contributed by atoms with Crippen molar-refractivity contribution in [3.8, 4) is 11.5 Å². The van der Waals surface area contributed by atoms with Gasteiger partial charge in [-0.05, 0) is 23.8 Å². The summed E-state index contributed by atoms with van der Waals surface area (Å²) in [6.45, 7) is 0. The third kappa shape index (κ3) is 4.53. The van der Waals surface area contributed by atoms with Crippen molar-refractivity contribution in [3.05, 3.63) is 29.8 Å². The molecule has 0 aliphatic carbocycles. The quantitative estimate of drug-likeness (QED) is 0.393. The fraction of sp³-hybridized carbons (Fsp3) is 0.154. The van der Waals surface area contributed by atoms with Gasteiger partial charge >= 0.3 is 17.9 Å². The van der Waals surface area contributed by atoms with E-state index in [0.717, 1.165) is 6.08 Å². The monoisotopic (exact) mass is 296 g/mol. The zero-order valence-corrected chi connectivity index (χ0v) is 10.8. The highest BCUT2D eigenvalue weighted by Gasteiger charge is 2.29. The molecule has 8 nitrogen and oxygen atoms in total. The van der Waals surface area contributed by atoms with E-state index in [1.54, 1.807) is 0 Å². The number of esters is 1. The predicted molar refractivity (Wildman–Crippen MR) is 68.8 cm³/mol. The lowest BCUT2D eigenvalue weighted by atomic mass is 10.2. The van der Waals surface area contributed by atoms with Gasteiger partial charge in [0.25, 0.3) is 6.10 Å². The van der Waals surface area contributed by atoms with Crippen LogP contribution in [0.5, 0.6) is 11.5 Å². The third-order valence-electron chi connectivity index (χ3n) is 2.30. The van der Waals surface area contributed by atoms with Crippen molar-refractivity contribution in [2.75, 3.05) is 7.11 Å². The number of hydrogen-bond donors (Lipinski definition) is 3. The van der Waals surface area contributed by atoms with Crippen LogP contribution in [0.25, 0.3) is 6.08 Å². The van der Waals surface area contributed by atoms with Gasteiger partial charge in [-0.2, -0.15) is 0 Å². The second-order valence-corrected chi connectivity index (χ2v) is 3.76. The van der Waals surface area contributed by atoms with Crippen LogP contribution in [-0.2, 0) is 19.1 Å². The summed E-state index contributed by atoms with van der Waals surface area (Å²) in [5.74, 6) is -4.60. The van der Waals surface area contributed by atoms with Crippen LogP contribution >= 0.6 is 0 Å². The Kier molecular flexibility index (Phi) is 5.30. The molecular weight excluding hydrogens is 284 g/mol. The molecule has 21 heavy (non-hydrogen) atoms. The Hall–Kier alpha value is -3.03. The molecule has 0 atom stereocenters. The van der Waals surface area contributed by atoms with E-state index < -0.39 is 24.0 Å². The molecule has 0 saturated heterocycles. The number of phenolic OH excluding ortho intramolecular Hbond substituents is 1. The lowest BCUT2D eigenvalue weighted by Gasteiger charge is -2.07. The molecule has 0 aliphatic rings. The molecule has 0 unspecified atom stereocenters. The first-order valence-electron chi connectivity index (χ1n) is 5.56. The Balaban J connectivity index is 2.78. The van der Waals surface area contributed by atoms with E-state index in [1.165, 1.54) is 31.4 Å². The Morgan fingerprint density at radius 1 is 1.19 bits per heavy atom. The molecule has 0 saturated carbocycles. The summed E-state index contributed by atoms with van der Waals surface area (Å²) in [6, 6.07) is 4.22. The number of methoxy groups -OCH3 is 1. The Labute approximate surface area is 118 Å². The molecule has 1 aromatic carbocycles. The summed E-state index contributed by atoms with van der Waals surface area (Å²) in [5.41, 5.74) is 0.462. The molecule has 0 heterocycles. The maximum Gasteiger partial charge on any atom is 0.356 e. The molecule has 112 valence electrons. The number of carboxylic acids is 2. The number of phenols is 1. The number of rotatable bonds is 6. The van der Waals surface area contributed by atoms with Crippen LogP contribution in [0.15, 0.2) is 24.3 Å². The van der Waals surface area contributed by atoms with Gasteiger partial charge in [0, 0.05) is 6.08 Å². The average Bonchev–Trinajstić information content (AvgIpc) is 2.43. The van der Waals surface area contributed by atoms with Crippen LogP contribution in [0.4, 0.5) is 0 Å². The smallest absolute Gasteiger partial charge is 0.356 e. The van der Waals surface area contributed by atoms with Gasteiger partial charge in [-0.1, -0.05) is 6.07 Å². The Bertz CT molecular complexity index is 576. The lowest BCUT2D eigenvalue weighted by Crippen LogP contribution is -2.34. The molecule has 0 spiro atoms. The number of hydrogen-bond acceptors (Lipinski definition) is 6. The number of aliphatic carboxylic acids is 2. The minimum Gasteiger partial charge on any atom is -0.504 e. The van der Waals surface area contributed by atoms with Crippen molar-refractivity contribution >= 4 is 24.0 Å². The molecule has 0 radical (unpaired) electrons. The normalized spacial score (nSPS) is 10.6. The van der Waals surface area contributed by atoms with Crippen molar-refractivity contribution in [1.82, 2.24) is 0 Å². The number of carbonyl (C=O) groups excluding carboxylic acids is 1. The zero-order chi connectivity index (χ0) is 16.0. The highest BCUT2D eigenvalue weighted by molar-refractivity contribution is 5.99. The van der Waals surface area contributed by atoms with Crippen molar-refractivity contribution < 1.29 is 39.2 Å². The molecule has 0 amide bonds. The van der Waals surface area contributed by atoms with Crippen LogP contribution in [0.1, 0.15) is 5.56 Å². The standard InChI is InChI=1S/C13H12O8/c1-20-9-6-7(2-4-8(9)14)3-5-10(15)21-11(12(16)17)13(18)19/h2-6,11,14H,1H3,(H,16,17)(H,18,19). The third-order valence-corrected chi connectivity index (χ3v) is 2.30. The van der Waals surface area contributed by atoms with Gasteiger partial charge in [-0.3, -0.25) is 0 Å². The predicted octanol–water partition coefficient (Wildman–Crippen LogP) is 0.495. The number of carbonyl (C=O) groups is 3. The summed E-state index contributed by atoms with van der Waals surface area (Å²) in [4.78, 5) is 32.4. The number of benzene rings is 1. The Morgan fingerprint density at radius 3 is 2.33 bits per heavy atom. The summed E-state index contributed by atoms with van der Waals surface area (Å²) in [5, 5.41) is 26.5. The van der Waals surface area contributed by atoms with E-state index in [2.05, 4.69) is 4.74 Å². The molecule has 0 fully saturated rings. The van der Waals surface area contributed by atoms with E-state index >= 15 is 0 Å². The lowest BCUT2D eigenvalue weighted by molar-refractivity contribution is -0.172. The van der Waals surface area contributed by atoms with Crippen molar-refractivity contribution in [2.45, 2.75) is 6.10 Å². The second-order valence-electron chi connectivity index (χ2n) is 3.76. The zero-order valence-electron chi connectivity index (χ0n) is 10.8. The van der Waals surface area contributed by atoms with Gasteiger partial charge in [0.1, 0.15) is 0 Å². The van der Waals surface area contributed by atoms with E-state index in [9.17, 15) is 19.5 Å². The van der Waals surface area contributed by atoms with Crippen molar-refractivity contribution in [3.63, 3.8) is 0 Å². The second kappa shape index (κ2) is 6.94. The molecular formula is C13H12O8. The average molecular weight is 296 g/mol. The van der Waals surface area contributed by atoms with Crippen LogP contribution in [0.3, 0.4) is 0 Å². The largest absolute Gasteiger partial charge is 0.504 e. The molecule has 1 aromatic rings. The minimum absolute atomic E-state index is 0.0888. The Morgan fingerprint density at radius 2 is 1.81 bits per heavy atom. The van der Waals surface area contributed by atoms with Gasteiger partial charge in [0.05, 0.1) is 7.11 Å². The highest BCUT2D eigenvalue weighted by atomic mass is 16.6. The van der Waals surface area contributed by atoms with Crippen molar-refractivity contribution in [2.24, 2.45) is 0 Å². The van der Waals surface area contributed by atoms with Gasteiger partial charge in [0.2, 0.25) is 0 Å². The van der Waals surface area contributed by atoms with Gasteiger partial charge in [-0.15, -0.1) is 0 Å². The fourth-order valence-corrected chi connectivity index (χ4v) is 1.32. The van der Waals surface area contributed by atoms with E-state index in [1.807, 2.05) is 0 Å². The maximum atomic E-state index is 11.3. The van der Waals surface area contributed by atoms with Crippen LogP contribution < -0.4 is 4.74 Å². The van der Waals surface area contributed by atoms with Crippen molar-refractivity contribution in [1.29, 1.82) is 0 Å². The van der Waals surface area contributed by atoms with Gasteiger partial charge < -0.3 is 24.8 Å². The molecule has 8 heteroatoms. The summed E-state index contributed by atoms with van der Waals surface area (Å²) < 4.78 is 9.13. The topological polar surface area (TPSA) is 130 Å². The first kappa shape index (κ1) is 16.0. The molecule has 1 rings (SSSR count).